The Morgan fingerprint density at radius 2 is 1.80 bits per heavy atom. The van der Waals surface area contributed by atoms with Gasteiger partial charge in [-0.3, -0.25) is 9.36 Å². The van der Waals surface area contributed by atoms with E-state index in [0.717, 1.165) is 40.5 Å². The molecule has 0 fully saturated rings. The number of methoxy groups -OCH3 is 1. The van der Waals surface area contributed by atoms with Crippen molar-refractivity contribution in [2.75, 3.05) is 18.2 Å². The zero-order valence-electron chi connectivity index (χ0n) is 20.5. The fourth-order valence-corrected chi connectivity index (χ4v) is 4.51. The van der Waals surface area contributed by atoms with Gasteiger partial charge in [0.2, 0.25) is 5.91 Å². The Labute approximate surface area is 210 Å². The minimum atomic E-state index is -0.0901. The fraction of sp³-hybridized carbons (Fsp3) is 0.250. The lowest BCUT2D eigenvalue weighted by Crippen LogP contribution is -2.14. The van der Waals surface area contributed by atoms with E-state index in [1.807, 2.05) is 66.1 Å². The van der Waals surface area contributed by atoms with Crippen molar-refractivity contribution in [1.29, 1.82) is 0 Å². The molecule has 0 bridgehead atoms. The summed E-state index contributed by atoms with van der Waals surface area (Å²) in [4.78, 5) is 12.7. The number of carbonyl (C=O) groups excluding carboxylic acids is 1. The minimum Gasteiger partial charge on any atom is -0.497 e. The molecule has 0 unspecified atom stereocenters. The summed E-state index contributed by atoms with van der Waals surface area (Å²) in [6.07, 6.45) is 1.09. The second-order valence-corrected chi connectivity index (χ2v) is 9.42. The van der Waals surface area contributed by atoms with E-state index in [4.69, 9.17) is 4.74 Å². The Kier molecular flexibility index (Phi) is 7.87. The first-order chi connectivity index (χ1) is 17.0. The van der Waals surface area contributed by atoms with Crippen LogP contribution in [-0.4, -0.2) is 33.5 Å². The summed E-state index contributed by atoms with van der Waals surface area (Å²) in [5.74, 6) is 2.12. The molecule has 1 aromatic heterocycles. The van der Waals surface area contributed by atoms with Gasteiger partial charge in [0, 0.05) is 16.9 Å². The highest BCUT2D eigenvalue weighted by Gasteiger charge is 2.18. The number of nitrogens with zero attached hydrogens (tertiary/aromatic N) is 3. The molecule has 0 aliphatic carbocycles. The maximum atomic E-state index is 12.7. The summed E-state index contributed by atoms with van der Waals surface area (Å²) < 4.78 is 7.29. The molecule has 180 valence electrons. The average molecular weight is 487 g/mol. The molecule has 4 aromatic rings. The Bertz CT molecular complexity index is 1280. The molecule has 3 aromatic carbocycles. The number of hydrogen-bond acceptors (Lipinski definition) is 5. The van der Waals surface area contributed by atoms with Gasteiger partial charge in [0.1, 0.15) is 5.75 Å². The van der Waals surface area contributed by atoms with Crippen LogP contribution < -0.4 is 10.1 Å². The van der Waals surface area contributed by atoms with Crippen molar-refractivity contribution in [2.45, 2.75) is 38.3 Å². The highest BCUT2D eigenvalue weighted by molar-refractivity contribution is 7.99. The van der Waals surface area contributed by atoms with E-state index < -0.39 is 0 Å². The summed E-state index contributed by atoms with van der Waals surface area (Å²) >= 11 is 1.36. The lowest BCUT2D eigenvalue weighted by molar-refractivity contribution is -0.113. The maximum absolute atomic E-state index is 12.7. The quantitative estimate of drug-likeness (QED) is 0.274. The van der Waals surface area contributed by atoms with Crippen molar-refractivity contribution in [3.63, 3.8) is 0 Å². The Balaban J connectivity index is 1.54. The molecular formula is C28H30N4O2S. The Hall–Kier alpha value is -3.58. The normalized spacial score (nSPS) is 11.8. The van der Waals surface area contributed by atoms with Gasteiger partial charge in [-0.1, -0.05) is 61.5 Å². The first kappa shape index (κ1) is 24.5. The van der Waals surface area contributed by atoms with Crippen LogP contribution >= 0.6 is 11.8 Å². The van der Waals surface area contributed by atoms with E-state index >= 15 is 0 Å². The van der Waals surface area contributed by atoms with E-state index in [0.29, 0.717) is 11.1 Å². The summed E-state index contributed by atoms with van der Waals surface area (Å²) in [6.45, 7) is 6.42. The first-order valence-corrected chi connectivity index (χ1v) is 12.7. The molecule has 1 heterocycles. The molecule has 1 amide bonds. The smallest absolute Gasteiger partial charge is 0.234 e. The molecule has 0 saturated heterocycles. The van der Waals surface area contributed by atoms with E-state index in [1.54, 1.807) is 7.11 Å². The number of anilines is 1. The van der Waals surface area contributed by atoms with E-state index in [-0.39, 0.29) is 11.7 Å². The SMILES string of the molecule is CC[C@@H](C)c1ccc(NC(=O)CSc2nnc(-c3cccc(C)c3)n2-c2ccc(OC)cc2)cc1. The second-order valence-electron chi connectivity index (χ2n) is 8.48. The van der Waals surface area contributed by atoms with Gasteiger partial charge in [-0.05, 0) is 67.3 Å². The molecule has 35 heavy (non-hydrogen) atoms. The molecule has 0 spiro atoms. The summed E-state index contributed by atoms with van der Waals surface area (Å²) in [7, 11) is 1.64. The monoisotopic (exact) mass is 486 g/mol. The molecule has 0 radical (unpaired) electrons. The molecule has 4 rings (SSSR count). The number of hydrogen-bond donors (Lipinski definition) is 1. The molecule has 0 aliphatic heterocycles. The van der Waals surface area contributed by atoms with Crippen LogP contribution in [0.5, 0.6) is 5.75 Å². The molecule has 0 saturated carbocycles. The highest BCUT2D eigenvalue weighted by Crippen LogP contribution is 2.29. The van der Waals surface area contributed by atoms with Crippen LogP contribution in [0, 0.1) is 6.92 Å². The second kappa shape index (κ2) is 11.2. The molecule has 0 aliphatic rings. The number of benzene rings is 3. The zero-order valence-corrected chi connectivity index (χ0v) is 21.3. The fourth-order valence-electron chi connectivity index (χ4n) is 3.76. The number of aromatic nitrogens is 3. The van der Waals surface area contributed by atoms with Crippen LogP contribution in [0.25, 0.3) is 17.1 Å². The van der Waals surface area contributed by atoms with Crippen molar-refractivity contribution >= 4 is 23.4 Å². The lowest BCUT2D eigenvalue weighted by atomic mass is 9.99. The van der Waals surface area contributed by atoms with Gasteiger partial charge in [0.25, 0.3) is 0 Å². The third-order valence-corrected chi connectivity index (χ3v) is 6.88. The van der Waals surface area contributed by atoms with Crippen LogP contribution in [-0.2, 0) is 4.79 Å². The number of nitrogens with one attached hydrogen (secondary N) is 1. The first-order valence-electron chi connectivity index (χ1n) is 11.7. The predicted octanol–water partition coefficient (Wildman–Crippen LogP) is 6.50. The van der Waals surface area contributed by atoms with E-state index in [9.17, 15) is 4.79 Å². The van der Waals surface area contributed by atoms with Gasteiger partial charge in [-0.2, -0.15) is 0 Å². The van der Waals surface area contributed by atoms with E-state index in [1.165, 1.54) is 17.3 Å². The Morgan fingerprint density at radius 1 is 1.06 bits per heavy atom. The van der Waals surface area contributed by atoms with Crippen molar-refractivity contribution in [2.24, 2.45) is 0 Å². The number of aryl methyl sites for hydroxylation is 1. The molecule has 6 nitrogen and oxygen atoms in total. The van der Waals surface area contributed by atoms with Crippen molar-refractivity contribution in [3.8, 4) is 22.8 Å². The van der Waals surface area contributed by atoms with Crippen LogP contribution in [0.2, 0.25) is 0 Å². The van der Waals surface area contributed by atoms with Gasteiger partial charge >= 0.3 is 0 Å². The van der Waals surface area contributed by atoms with Crippen LogP contribution in [0.1, 0.15) is 37.3 Å². The summed E-state index contributed by atoms with van der Waals surface area (Å²) in [6, 6.07) is 23.9. The molecular weight excluding hydrogens is 456 g/mol. The summed E-state index contributed by atoms with van der Waals surface area (Å²) in [5.41, 5.74) is 5.07. The van der Waals surface area contributed by atoms with Crippen LogP contribution in [0.4, 0.5) is 5.69 Å². The van der Waals surface area contributed by atoms with Crippen LogP contribution in [0.15, 0.2) is 78.0 Å². The molecule has 1 atom stereocenters. The molecule has 7 heteroatoms. The minimum absolute atomic E-state index is 0.0901. The van der Waals surface area contributed by atoms with Gasteiger partial charge in [-0.25, -0.2) is 0 Å². The maximum Gasteiger partial charge on any atom is 0.234 e. The van der Waals surface area contributed by atoms with Crippen molar-refractivity contribution in [1.82, 2.24) is 14.8 Å². The summed E-state index contributed by atoms with van der Waals surface area (Å²) in [5, 5.41) is 12.5. The van der Waals surface area contributed by atoms with Gasteiger partial charge < -0.3 is 10.1 Å². The zero-order chi connectivity index (χ0) is 24.8. The van der Waals surface area contributed by atoms with Crippen LogP contribution in [0.3, 0.4) is 0 Å². The van der Waals surface area contributed by atoms with E-state index in [2.05, 4.69) is 47.6 Å². The van der Waals surface area contributed by atoms with Crippen molar-refractivity contribution < 1.29 is 9.53 Å². The number of ether oxygens (including phenoxy) is 1. The number of amides is 1. The predicted molar refractivity (Wildman–Crippen MR) is 143 cm³/mol. The number of thioether (sulfide) groups is 1. The van der Waals surface area contributed by atoms with Crippen molar-refractivity contribution in [3.05, 3.63) is 83.9 Å². The topological polar surface area (TPSA) is 69.0 Å². The Morgan fingerprint density at radius 3 is 2.46 bits per heavy atom. The number of carbonyl (C=O) groups is 1. The highest BCUT2D eigenvalue weighted by atomic mass is 32.2. The molecule has 1 N–H and O–H groups in total. The largest absolute Gasteiger partial charge is 0.497 e. The van der Waals surface area contributed by atoms with Gasteiger partial charge in [-0.15, -0.1) is 10.2 Å². The van der Waals surface area contributed by atoms with Gasteiger partial charge in [0.15, 0.2) is 11.0 Å². The van der Waals surface area contributed by atoms with Gasteiger partial charge in [0.05, 0.1) is 12.9 Å². The third kappa shape index (κ3) is 5.92. The lowest BCUT2D eigenvalue weighted by Gasteiger charge is -2.12. The third-order valence-electron chi connectivity index (χ3n) is 5.95. The number of rotatable bonds is 9. The standard InChI is InChI=1S/C28H30N4O2S/c1-5-20(3)21-9-11-23(12-10-21)29-26(33)18-35-28-31-30-27(22-8-6-7-19(2)17-22)32(28)24-13-15-25(34-4)16-14-24/h6-17,20H,5,18H2,1-4H3,(H,29,33)/t20-/m1/s1. The average Bonchev–Trinajstić information content (AvgIpc) is 3.31.